The molecule has 84 valence electrons. The lowest BCUT2D eigenvalue weighted by atomic mass is 10.2. The Hall–Kier alpha value is -2.23. The van der Waals surface area contributed by atoms with Gasteiger partial charge in [0.15, 0.2) is 0 Å². The molecule has 0 saturated heterocycles. The largest absolute Gasteiger partial charge is 0.487 e. The fraction of sp³-hybridized carbons (Fsp3) is 0.0833. The van der Waals surface area contributed by atoms with E-state index in [4.69, 9.17) is 15.6 Å². The van der Waals surface area contributed by atoms with Gasteiger partial charge in [-0.25, -0.2) is 4.79 Å². The molecule has 1 aromatic rings. The lowest BCUT2D eigenvalue weighted by Gasteiger charge is -2.06. The summed E-state index contributed by atoms with van der Waals surface area (Å²) in [7, 11) is 0. The molecule has 0 amide bonds. The van der Waals surface area contributed by atoms with Crippen molar-refractivity contribution < 1.29 is 14.6 Å². The highest BCUT2D eigenvalue weighted by atomic mass is 16.5. The van der Waals surface area contributed by atoms with Gasteiger partial charge in [0.05, 0.1) is 5.69 Å². The number of hydrogen-bond donors (Lipinski definition) is 2. The molecule has 16 heavy (non-hydrogen) atoms. The van der Waals surface area contributed by atoms with Crippen LogP contribution in [0.25, 0.3) is 6.08 Å². The molecule has 3 N–H and O–H groups in total. The maximum atomic E-state index is 10.3. The number of nitrogen functional groups attached to an aromatic ring is 1. The van der Waals surface area contributed by atoms with Crippen LogP contribution in [0.3, 0.4) is 0 Å². The van der Waals surface area contributed by atoms with Gasteiger partial charge in [0.25, 0.3) is 0 Å². The summed E-state index contributed by atoms with van der Waals surface area (Å²) in [5.41, 5.74) is 6.91. The van der Waals surface area contributed by atoms with Gasteiger partial charge in [0.2, 0.25) is 0 Å². The number of aliphatic carboxylic acids is 1. The minimum Gasteiger partial charge on any atom is -0.487 e. The fourth-order valence-corrected chi connectivity index (χ4v) is 1.12. The molecule has 0 spiro atoms. The van der Waals surface area contributed by atoms with Gasteiger partial charge >= 0.3 is 5.97 Å². The van der Waals surface area contributed by atoms with Crippen molar-refractivity contribution in [2.24, 2.45) is 0 Å². The van der Waals surface area contributed by atoms with Crippen LogP contribution in [0.5, 0.6) is 5.75 Å². The van der Waals surface area contributed by atoms with Crippen molar-refractivity contribution in [3.8, 4) is 5.75 Å². The molecule has 0 saturated carbocycles. The normalized spacial score (nSPS) is 10.2. The summed E-state index contributed by atoms with van der Waals surface area (Å²) >= 11 is 0. The van der Waals surface area contributed by atoms with Crippen LogP contribution in [-0.4, -0.2) is 17.7 Å². The molecule has 0 aliphatic rings. The Kier molecular flexibility index (Phi) is 4.15. The van der Waals surface area contributed by atoms with Gasteiger partial charge in [-0.15, -0.1) is 0 Å². The van der Waals surface area contributed by atoms with Crippen LogP contribution in [0.2, 0.25) is 0 Å². The van der Waals surface area contributed by atoms with E-state index >= 15 is 0 Å². The number of ether oxygens (including phenoxy) is 1. The molecule has 1 rings (SSSR count). The topological polar surface area (TPSA) is 72.5 Å². The summed E-state index contributed by atoms with van der Waals surface area (Å²) in [6.45, 7) is 3.91. The summed E-state index contributed by atoms with van der Waals surface area (Å²) in [6, 6.07) is 5.08. The average molecular weight is 219 g/mol. The van der Waals surface area contributed by atoms with Gasteiger partial charge in [0, 0.05) is 6.08 Å². The summed E-state index contributed by atoms with van der Waals surface area (Å²) in [5, 5.41) is 8.46. The van der Waals surface area contributed by atoms with Gasteiger partial charge < -0.3 is 15.6 Å². The van der Waals surface area contributed by atoms with Gasteiger partial charge in [-0.2, -0.15) is 0 Å². The standard InChI is InChI=1S/C12H13NO3/c1-2-7-16-11-5-3-9(8-10(11)13)4-6-12(14)15/h2-6,8H,1,7,13H2,(H,14,15). The molecule has 0 bridgehead atoms. The third kappa shape index (κ3) is 3.49. The van der Waals surface area contributed by atoms with E-state index in [1.54, 1.807) is 24.3 Å². The number of carboxylic acids is 1. The Labute approximate surface area is 93.7 Å². The smallest absolute Gasteiger partial charge is 0.328 e. The molecule has 4 heteroatoms. The first kappa shape index (κ1) is 11.8. The van der Waals surface area contributed by atoms with Crippen LogP contribution < -0.4 is 10.5 Å². The second-order valence-corrected chi connectivity index (χ2v) is 3.07. The highest BCUT2D eigenvalue weighted by molar-refractivity contribution is 5.85. The molecule has 4 nitrogen and oxygen atoms in total. The maximum Gasteiger partial charge on any atom is 0.328 e. The number of benzene rings is 1. The zero-order chi connectivity index (χ0) is 12.0. The van der Waals surface area contributed by atoms with E-state index in [-0.39, 0.29) is 0 Å². The predicted octanol–water partition coefficient (Wildman–Crippen LogP) is 1.93. The van der Waals surface area contributed by atoms with Crippen LogP contribution in [0.4, 0.5) is 5.69 Å². The van der Waals surface area contributed by atoms with Crippen LogP contribution in [0.1, 0.15) is 5.56 Å². The van der Waals surface area contributed by atoms with Gasteiger partial charge in [-0.3, -0.25) is 0 Å². The molecule has 0 atom stereocenters. The molecular formula is C12H13NO3. The van der Waals surface area contributed by atoms with E-state index in [1.807, 2.05) is 0 Å². The first-order valence-corrected chi connectivity index (χ1v) is 4.67. The third-order valence-corrected chi connectivity index (χ3v) is 1.81. The molecule has 0 unspecified atom stereocenters. The van der Waals surface area contributed by atoms with Gasteiger partial charge in [0.1, 0.15) is 12.4 Å². The summed E-state index contributed by atoms with van der Waals surface area (Å²) < 4.78 is 5.28. The van der Waals surface area contributed by atoms with E-state index in [0.29, 0.717) is 23.6 Å². The SMILES string of the molecule is C=CCOc1ccc(C=CC(=O)O)cc1N. The maximum absolute atomic E-state index is 10.3. The summed E-state index contributed by atoms with van der Waals surface area (Å²) in [5.74, 6) is -0.432. The van der Waals surface area contributed by atoms with Crippen molar-refractivity contribution in [2.45, 2.75) is 0 Å². The summed E-state index contributed by atoms with van der Waals surface area (Å²) in [6.07, 6.45) is 4.15. The lowest BCUT2D eigenvalue weighted by molar-refractivity contribution is -0.131. The highest BCUT2D eigenvalue weighted by Crippen LogP contribution is 2.23. The Morgan fingerprint density at radius 3 is 2.88 bits per heavy atom. The van der Waals surface area contributed by atoms with Gasteiger partial charge in [-0.05, 0) is 23.8 Å². The van der Waals surface area contributed by atoms with Crippen molar-refractivity contribution in [3.05, 3.63) is 42.5 Å². The van der Waals surface area contributed by atoms with Crippen molar-refractivity contribution in [1.29, 1.82) is 0 Å². The first-order valence-electron chi connectivity index (χ1n) is 4.67. The number of carboxylic acid groups (broad SMARTS) is 1. The zero-order valence-electron chi connectivity index (χ0n) is 8.72. The Balaban J connectivity index is 2.82. The Bertz CT molecular complexity index is 424. The van der Waals surface area contributed by atoms with Crippen molar-refractivity contribution >= 4 is 17.7 Å². The predicted molar refractivity (Wildman–Crippen MR) is 63.2 cm³/mol. The van der Waals surface area contributed by atoms with E-state index in [1.165, 1.54) is 6.08 Å². The minimum absolute atomic E-state index is 0.383. The Morgan fingerprint density at radius 2 is 2.31 bits per heavy atom. The third-order valence-electron chi connectivity index (χ3n) is 1.81. The summed E-state index contributed by atoms with van der Waals surface area (Å²) in [4.78, 5) is 10.3. The quantitative estimate of drug-likeness (QED) is 0.451. The van der Waals surface area contributed by atoms with Crippen LogP contribution >= 0.6 is 0 Å². The minimum atomic E-state index is -0.995. The number of hydrogen-bond acceptors (Lipinski definition) is 3. The molecule has 0 aliphatic heterocycles. The fourth-order valence-electron chi connectivity index (χ4n) is 1.12. The van der Waals surface area contributed by atoms with Crippen molar-refractivity contribution in [1.82, 2.24) is 0 Å². The van der Waals surface area contributed by atoms with Crippen LogP contribution in [0.15, 0.2) is 36.9 Å². The van der Waals surface area contributed by atoms with Crippen molar-refractivity contribution in [3.63, 3.8) is 0 Å². The second-order valence-electron chi connectivity index (χ2n) is 3.07. The number of carbonyl (C=O) groups is 1. The zero-order valence-corrected chi connectivity index (χ0v) is 8.72. The average Bonchev–Trinajstić information content (AvgIpc) is 2.25. The highest BCUT2D eigenvalue weighted by Gasteiger charge is 1.99. The second kappa shape index (κ2) is 5.60. The molecule has 0 fully saturated rings. The number of nitrogens with two attached hydrogens (primary N) is 1. The van der Waals surface area contributed by atoms with E-state index < -0.39 is 5.97 Å². The molecular weight excluding hydrogens is 206 g/mol. The lowest BCUT2D eigenvalue weighted by Crippen LogP contribution is -1.97. The van der Waals surface area contributed by atoms with E-state index in [9.17, 15) is 4.79 Å². The van der Waals surface area contributed by atoms with Crippen LogP contribution in [-0.2, 0) is 4.79 Å². The van der Waals surface area contributed by atoms with Crippen LogP contribution in [0, 0.1) is 0 Å². The van der Waals surface area contributed by atoms with E-state index in [2.05, 4.69) is 6.58 Å². The Morgan fingerprint density at radius 1 is 1.56 bits per heavy atom. The van der Waals surface area contributed by atoms with E-state index in [0.717, 1.165) is 6.08 Å². The van der Waals surface area contributed by atoms with Gasteiger partial charge in [-0.1, -0.05) is 18.7 Å². The molecule has 1 aromatic carbocycles. The molecule has 0 aliphatic carbocycles. The monoisotopic (exact) mass is 219 g/mol. The first-order chi connectivity index (χ1) is 7.63. The molecule has 0 heterocycles. The van der Waals surface area contributed by atoms with Crippen molar-refractivity contribution in [2.75, 3.05) is 12.3 Å². The molecule has 0 aromatic heterocycles. The number of anilines is 1. The molecule has 0 radical (unpaired) electrons. The number of rotatable bonds is 5.